The smallest absolute Gasteiger partial charge is 0.164 e. The molecule has 1 aromatic carbocycles. The van der Waals surface area contributed by atoms with Crippen molar-refractivity contribution < 1.29 is 14.2 Å². The molecule has 0 fully saturated rings. The maximum absolute atomic E-state index is 6.15. The van der Waals surface area contributed by atoms with Gasteiger partial charge in [0, 0.05) is 17.7 Å². The minimum absolute atomic E-state index is 0.113. The first-order valence-electron chi connectivity index (χ1n) is 5.84. The lowest BCUT2D eigenvalue weighted by Gasteiger charge is -2.18. The number of nitrogens with two attached hydrogens (primary N) is 1. The topological polar surface area (TPSA) is 53.7 Å². The fraction of sp³-hybridized carbons (Fsp3) is 0.429. The van der Waals surface area contributed by atoms with Crippen LogP contribution in [0.15, 0.2) is 24.8 Å². The molecule has 4 nitrogen and oxygen atoms in total. The van der Waals surface area contributed by atoms with Crippen LogP contribution >= 0.6 is 0 Å². The van der Waals surface area contributed by atoms with Crippen molar-refractivity contribution in [2.75, 3.05) is 21.3 Å². The first kappa shape index (κ1) is 14.4. The molecule has 0 saturated carbocycles. The molecule has 0 saturated heterocycles. The van der Waals surface area contributed by atoms with Crippen LogP contribution in [0, 0.1) is 0 Å². The zero-order valence-corrected chi connectivity index (χ0v) is 11.2. The van der Waals surface area contributed by atoms with Crippen molar-refractivity contribution in [2.24, 2.45) is 5.73 Å². The van der Waals surface area contributed by atoms with Gasteiger partial charge in [0.25, 0.3) is 0 Å². The van der Waals surface area contributed by atoms with Crippen molar-refractivity contribution in [3.63, 3.8) is 0 Å². The number of methoxy groups -OCH3 is 3. The van der Waals surface area contributed by atoms with Gasteiger partial charge in [0.2, 0.25) is 0 Å². The molecule has 0 spiro atoms. The SMILES string of the molecule is C=CCC[C@H](N)c1cc(OC)c(OC)cc1OC. The molecule has 1 rings (SSSR count). The summed E-state index contributed by atoms with van der Waals surface area (Å²) in [5.41, 5.74) is 7.06. The normalized spacial score (nSPS) is 11.8. The second-order valence-corrected chi connectivity index (χ2v) is 3.92. The van der Waals surface area contributed by atoms with Crippen LogP contribution in [0.3, 0.4) is 0 Å². The van der Waals surface area contributed by atoms with Gasteiger partial charge in [-0.15, -0.1) is 6.58 Å². The van der Waals surface area contributed by atoms with Gasteiger partial charge in [0.05, 0.1) is 21.3 Å². The van der Waals surface area contributed by atoms with Crippen LogP contribution in [0.25, 0.3) is 0 Å². The maximum Gasteiger partial charge on any atom is 0.164 e. The minimum Gasteiger partial charge on any atom is -0.496 e. The Morgan fingerprint density at radius 3 is 2.17 bits per heavy atom. The first-order chi connectivity index (χ1) is 8.67. The van der Waals surface area contributed by atoms with Gasteiger partial charge in [0.15, 0.2) is 11.5 Å². The summed E-state index contributed by atoms with van der Waals surface area (Å²) in [4.78, 5) is 0. The van der Waals surface area contributed by atoms with E-state index in [1.165, 1.54) is 0 Å². The third-order valence-electron chi connectivity index (χ3n) is 2.82. The Kier molecular flexibility index (Phi) is 5.52. The minimum atomic E-state index is -0.113. The van der Waals surface area contributed by atoms with Crippen LogP contribution in [-0.2, 0) is 0 Å². The molecule has 0 heterocycles. The Balaban J connectivity index is 3.11. The molecule has 0 aliphatic rings. The Morgan fingerprint density at radius 2 is 1.67 bits per heavy atom. The number of hydrogen-bond acceptors (Lipinski definition) is 4. The molecule has 18 heavy (non-hydrogen) atoms. The number of allylic oxidation sites excluding steroid dienone is 1. The van der Waals surface area contributed by atoms with Gasteiger partial charge in [-0.05, 0) is 18.9 Å². The van der Waals surface area contributed by atoms with Crippen LogP contribution in [0.5, 0.6) is 17.2 Å². The van der Waals surface area contributed by atoms with Crippen molar-refractivity contribution in [3.05, 3.63) is 30.4 Å². The van der Waals surface area contributed by atoms with E-state index >= 15 is 0 Å². The summed E-state index contributed by atoms with van der Waals surface area (Å²) in [6.07, 6.45) is 3.53. The Hall–Kier alpha value is -1.68. The summed E-state index contributed by atoms with van der Waals surface area (Å²) < 4.78 is 15.9. The van der Waals surface area contributed by atoms with E-state index in [4.69, 9.17) is 19.9 Å². The zero-order chi connectivity index (χ0) is 13.5. The average Bonchev–Trinajstić information content (AvgIpc) is 2.42. The largest absolute Gasteiger partial charge is 0.496 e. The molecule has 100 valence electrons. The van der Waals surface area contributed by atoms with Gasteiger partial charge in [-0.3, -0.25) is 0 Å². The number of benzene rings is 1. The molecule has 0 amide bonds. The van der Waals surface area contributed by atoms with Gasteiger partial charge >= 0.3 is 0 Å². The fourth-order valence-electron chi connectivity index (χ4n) is 1.80. The van der Waals surface area contributed by atoms with Crippen molar-refractivity contribution in [2.45, 2.75) is 18.9 Å². The molecule has 1 atom stereocenters. The van der Waals surface area contributed by atoms with Crippen molar-refractivity contribution >= 4 is 0 Å². The molecule has 2 N–H and O–H groups in total. The molecule has 0 radical (unpaired) electrons. The quantitative estimate of drug-likeness (QED) is 0.757. The third kappa shape index (κ3) is 3.17. The summed E-state index contributed by atoms with van der Waals surface area (Å²) in [5.74, 6) is 2.00. The van der Waals surface area contributed by atoms with E-state index in [0.29, 0.717) is 17.2 Å². The predicted octanol–water partition coefficient (Wildman–Crippen LogP) is 2.68. The highest BCUT2D eigenvalue weighted by atomic mass is 16.5. The van der Waals surface area contributed by atoms with E-state index in [9.17, 15) is 0 Å². The molecule has 0 aromatic heterocycles. The highest BCUT2D eigenvalue weighted by molar-refractivity contribution is 5.51. The van der Waals surface area contributed by atoms with Crippen molar-refractivity contribution in [3.8, 4) is 17.2 Å². The van der Waals surface area contributed by atoms with Crippen LogP contribution in [-0.4, -0.2) is 21.3 Å². The maximum atomic E-state index is 6.15. The van der Waals surface area contributed by atoms with Crippen molar-refractivity contribution in [1.29, 1.82) is 0 Å². The van der Waals surface area contributed by atoms with Crippen LogP contribution < -0.4 is 19.9 Å². The number of hydrogen-bond donors (Lipinski definition) is 1. The molecule has 0 bridgehead atoms. The van der Waals surface area contributed by atoms with E-state index in [2.05, 4.69) is 6.58 Å². The second-order valence-electron chi connectivity index (χ2n) is 3.92. The van der Waals surface area contributed by atoms with Gasteiger partial charge in [-0.25, -0.2) is 0 Å². The van der Waals surface area contributed by atoms with Gasteiger partial charge < -0.3 is 19.9 Å². The van der Waals surface area contributed by atoms with Crippen LogP contribution in [0.4, 0.5) is 0 Å². The first-order valence-corrected chi connectivity index (χ1v) is 5.84. The van der Waals surface area contributed by atoms with Crippen molar-refractivity contribution in [1.82, 2.24) is 0 Å². The summed E-state index contributed by atoms with van der Waals surface area (Å²) in [6.45, 7) is 3.70. The number of ether oxygens (including phenoxy) is 3. The Morgan fingerprint density at radius 1 is 1.11 bits per heavy atom. The highest BCUT2D eigenvalue weighted by Gasteiger charge is 2.16. The fourth-order valence-corrected chi connectivity index (χ4v) is 1.80. The average molecular weight is 251 g/mol. The molecule has 0 aliphatic carbocycles. The number of rotatable bonds is 7. The van der Waals surface area contributed by atoms with Crippen LogP contribution in [0.1, 0.15) is 24.4 Å². The summed E-state index contributed by atoms with van der Waals surface area (Å²) in [7, 11) is 4.81. The molecule has 1 aromatic rings. The van der Waals surface area contributed by atoms with Gasteiger partial charge in [0.1, 0.15) is 5.75 Å². The molecular weight excluding hydrogens is 230 g/mol. The highest BCUT2D eigenvalue weighted by Crippen LogP contribution is 2.37. The molecule has 0 unspecified atom stereocenters. The standard InChI is InChI=1S/C14H21NO3/c1-5-6-7-11(15)10-8-13(17-3)14(18-4)9-12(10)16-2/h5,8-9,11H,1,6-7,15H2,2-4H3/t11-/m0/s1. The molecule has 4 heteroatoms. The summed E-state index contributed by atoms with van der Waals surface area (Å²) in [6, 6.07) is 3.55. The van der Waals surface area contributed by atoms with Gasteiger partial charge in [-0.2, -0.15) is 0 Å². The van der Waals surface area contributed by atoms with E-state index in [1.54, 1.807) is 27.4 Å². The van der Waals surface area contributed by atoms with E-state index in [1.807, 2.05) is 12.1 Å². The monoisotopic (exact) mass is 251 g/mol. The zero-order valence-electron chi connectivity index (χ0n) is 11.2. The Bertz CT molecular complexity index is 404. The summed E-state index contributed by atoms with van der Waals surface area (Å²) in [5, 5.41) is 0. The lowest BCUT2D eigenvalue weighted by atomic mass is 10.0. The van der Waals surface area contributed by atoms with E-state index in [-0.39, 0.29) is 6.04 Å². The lowest BCUT2D eigenvalue weighted by Crippen LogP contribution is -2.11. The molecular formula is C14H21NO3. The predicted molar refractivity (Wildman–Crippen MR) is 72.5 cm³/mol. The van der Waals surface area contributed by atoms with Gasteiger partial charge in [-0.1, -0.05) is 6.08 Å². The lowest BCUT2D eigenvalue weighted by molar-refractivity contribution is 0.346. The van der Waals surface area contributed by atoms with Crippen LogP contribution in [0.2, 0.25) is 0 Å². The molecule has 0 aliphatic heterocycles. The second kappa shape index (κ2) is 6.91. The third-order valence-corrected chi connectivity index (χ3v) is 2.82. The van der Waals surface area contributed by atoms with E-state index in [0.717, 1.165) is 18.4 Å². The summed E-state index contributed by atoms with van der Waals surface area (Å²) >= 11 is 0. The Labute approximate surface area is 108 Å². The van der Waals surface area contributed by atoms with E-state index < -0.39 is 0 Å².